The third-order valence-electron chi connectivity index (χ3n) is 4.38. The Balaban J connectivity index is 1.82. The molecule has 1 aliphatic heterocycles. The molecule has 2 aromatic rings. The third-order valence-corrected chi connectivity index (χ3v) is 6.27. The van der Waals surface area contributed by atoms with Gasteiger partial charge in [0, 0.05) is 25.2 Å². The van der Waals surface area contributed by atoms with Gasteiger partial charge in [-0.15, -0.1) is 0 Å². The lowest BCUT2D eigenvalue weighted by molar-refractivity contribution is -0.386. The van der Waals surface area contributed by atoms with Crippen LogP contribution >= 0.6 is 0 Å². The minimum atomic E-state index is -3.95. The number of morpholine rings is 1. The number of Topliss-reactive ketones (excluding diaryl/α,β-unsaturated/α-hetero) is 1. The van der Waals surface area contributed by atoms with Crippen molar-refractivity contribution in [3.63, 3.8) is 0 Å². The lowest BCUT2D eigenvalue weighted by Gasteiger charge is -2.26. The molecule has 1 fully saturated rings. The first-order chi connectivity index (χ1) is 14.2. The smallest absolute Gasteiger partial charge is 0.312 e. The maximum absolute atomic E-state index is 12.7. The SMILES string of the molecule is O=C(COc1ccc(S(=O)(=O)N2CCOCC2)cc1[N+](=O)[O-])c1ccc(O)cc1O. The van der Waals surface area contributed by atoms with E-state index >= 15 is 0 Å². The molecule has 0 unspecified atom stereocenters. The van der Waals surface area contributed by atoms with Gasteiger partial charge in [-0.25, -0.2) is 8.42 Å². The molecular formula is C18H18N2O9S. The molecule has 2 N–H and O–H groups in total. The molecule has 2 aromatic carbocycles. The van der Waals surface area contributed by atoms with Crippen molar-refractivity contribution in [1.29, 1.82) is 0 Å². The number of nitro benzene ring substituents is 1. The number of nitro groups is 1. The number of phenols is 2. The highest BCUT2D eigenvalue weighted by molar-refractivity contribution is 7.89. The van der Waals surface area contributed by atoms with Gasteiger partial charge in [-0.1, -0.05) is 0 Å². The minimum absolute atomic E-state index is 0.137. The Bertz CT molecular complexity index is 1080. The van der Waals surface area contributed by atoms with Crippen LogP contribution in [0.5, 0.6) is 17.2 Å². The lowest BCUT2D eigenvalue weighted by Crippen LogP contribution is -2.40. The number of hydrogen-bond acceptors (Lipinski definition) is 9. The summed E-state index contributed by atoms with van der Waals surface area (Å²) in [6.45, 7) is 0.0935. The molecule has 1 heterocycles. The third kappa shape index (κ3) is 4.50. The summed E-state index contributed by atoms with van der Waals surface area (Å²) in [5.74, 6) is -1.69. The number of carbonyl (C=O) groups is 1. The molecule has 0 saturated carbocycles. The highest BCUT2D eigenvalue weighted by atomic mass is 32.2. The number of aromatic hydroxyl groups is 2. The van der Waals surface area contributed by atoms with E-state index in [1.807, 2.05) is 0 Å². The van der Waals surface area contributed by atoms with Gasteiger partial charge in [0.25, 0.3) is 0 Å². The Labute approximate surface area is 171 Å². The Hall–Kier alpha value is -3.22. The molecule has 1 saturated heterocycles. The molecule has 0 aliphatic carbocycles. The van der Waals surface area contributed by atoms with Gasteiger partial charge in [-0.05, 0) is 24.3 Å². The maximum atomic E-state index is 12.7. The van der Waals surface area contributed by atoms with Crippen LogP contribution in [0.1, 0.15) is 10.4 Å². The Kier molecular flexibility index (Phi) is 6.20. The van der Waals surface area contributed by atoms with Gasteiger partial charge in [0.2, 0.25) is 15.8 Å². The molecule has 11 nitrogen and oxygen atoms in total. The van der Waals surface area contributed by atoms with Gasteiger partial charge in [0.15, 0.2) is 12.4 Å². The number of ketones is 1. The highest BCUT2D eigenvalue weighted by Crippen LogP contribution is 2.31. The van der Waals surface area contributed by atoms with Gasteiger partial charge in [0.1, 0.15) is 11.5 Å². The molecule has 0 aromatic heterocycles. The number of hydrogen-bond donors (Lipinski definition) is 2. The topological polar surface area (TPSA) is 157 Å². The van der Waals surface area contributed by atoms with Crippen molar-refractivity contribution in [2.24, 2.45) is 0 Å². The van der Waals surface area contributed by atoms with Crippen molar-refractivity contribution < 1.29 is 37.8 Å². The standard InChI is InChI=1S/C18H18N2O9S/c21-12-1-3-14(16(22)9-12)17(23)11-29-18-4-2-13(10-15(18)20(24)25)30(26,27)19-5-7-28-8-6-19/h1-4,9-10,21-22H,5-8,11H2. The monoisotopic (exact) mass is 438 g/mol. The van der Waals surface area contributed by atoms with Gasteiger partial charge in [0.05, 0.1) is 28.6 Å². The molecular weight excluding hydrogens is 420 g/mol. The van der Waals surface area contributed by atoms with E-state index in [2.05, 4.69) is 0 Å². The van der Waals surface area contributed by atoms with E-state index in [0.717, 1.165) is 24.3 Å². The number of phenolic OH excluding ortho intramolecular Hbond substituents is 2. The van der Waals surface area contributed by atoms with E-state index < -0.39 is 38.8 Å². The zero-order valence-electron chi connectivity index (χ0n) is 15.6. The second-order valence-corrected chi connectivity index (χ2v) is 8.25. The zero-order chi connectivity index (χ0) is 21.9. The van der Waals surface area contributed by atoms with Gasteiger partial charge < -0.3 is 19.7 Å². The number of nitrogens with zero attached hydrogens (tertiary/aromatic N) is 2. The predicted octanol–water partition coefficient (Wildman–Crippen LogP) is 1.29. The number of ether oxygens (including phenoxy) is 2. The summed E-state index contributed by atoms with van der Waals surface area (Å²) in [6, 6.07) is 6.50. The summed E-state index contributed by atoms with van der Waals surface area (Å²) >= 11 is 0. The van der Waals surface area contributed by atoms with Gasteiger partial charge in [-0.3, -0.25) is 14.9 Å². The van der Waals surface area contributed by atoms with Crippen LogP contribution in [0.15, 0.2) is 41.3 Å². The molecule has 30 heavy (non-hydrogen) atoms. The zero-order valence-corrected chi connectivity index (χ0v) is 16.4. The van der Waals surface area contributed by atoms with Crippen molar-refractivity contribution in [3.8, 4) is 17.2 Å². The maximum Gasteiger partial charge on any atom is 0.312 e. The van der Waals surface area contributed by atoms with Crippen molar-refractivity contribution in [3.05, 3.63) is 52.1 Å². The first kappa shape index (κ1) is 21.5. The Morgan fingerprint density at radius 3 is 2.50 bits per heavy atom. The first-order valence-electron chi connectivity index (χ1n) is 8.74. The van der Waals surface area contributed by atoms with E-state index in [4.69, 9.17) is 9.47 Å². The summed E-state index contributed by atoms with van der Waals surface area (Å²) in [4.78, 5) is 22.6. The minimum Gasteiger partial charge on any atom is -0.508 e. The summed E-state index contributed by atoms with van der Waals surface area (Å²) < 4.78 is 36.9. The van der Waals surface area contributed by atoms with Crippen LogP contribution in [0.3, 0.4) is 0 Å². The van der Waals surface area contributed by atoms with Gasteiger partial charge >= 0.3 is 5.69 Å². The molecule has 160 valence electrons. The van der Waals surface area contributed by atoms with E-state index in [1.54, 1.807) is 0 Å². The fraction of sp³-hybridized carbons (Fsp3) is 0.278. The van der Waals surface area contributed by atoms with Crippen LogP contribution in [0.4, 0.5) is 5.69 Å². The number of benzene rings is 2. The van der Waals surface area contributed by atoms with E-state index in [0.29, 0.717) is 0 Å². The fourth-order valence-electron chi connectivity index (χ4n) is 2.84. The Morgan fingerprint density at radius 2 is 1.87 bits per heavy atom. The van der Waals surface area contributed by atoms with Crippen molar-refractivity contribution in [2.75, 3.05) is 32.9 Å². The average Bonchev–Trinajstić information content (AvgIpc) is 2.72. The van der Waals surface area contributed by atoms with E-state index in [9.17, 15) is 33.5 Å². The highest BCUT2D eigenvalue weighted by Gasteiger charge is 2.29. The van der Waals surface area contributed by atoms with Gasteiger partial charge in [-0.2, -0.15) is 4.31 Å². The molecule has 0 radical (unpaired) electrons. The van der Waals surface area contributed by atoms with Crippen LogP contribution in [0.25, 0.3) is 0 Å². The molecule has 0 spiro atoms. The van der Waals surface area contributed by atoms with Crippen LogP contribution in [-0.4, -0.2) is 66.6 Å². The number of rotatable bonds is 7. The second kappa shape index (κ2) is 8.65. The lowest BCUT2D eigenvalue weighted by atomic mass is 10.1. The molecule has 12 heteroatoms. The molecule has 3 rings (SSSR count). The van der Waals surface area contributed by atoms with Crippen LogP contribution in [-0.2, 0) is 14.8 Å². The summed E-state index contributed by atoms with van der Waals surface area (Å²) in [5.41, 5.74) is -0.756. The normalized spacial score (nSPS) is 14.9. The van der Waals surface area contributed by atoms with Crippen LogP contribution < -0.4 is 4.74 Å². The fourth-order valence-corrected chi connectivity index (χ4v) is 4.26. The van der Waals surface area contributed by atoms with Crippen molar-refractivity contribution in [2.45, 2.75) is 4.90 Å². The van der Waals surface area contributed by atoms with Crippen LogP contribution in [0.2, 0.25) is 0 Å². The first-order valence-corrected chi connectivity index (χ1v) is 10.2. The molecule has 0 amide bonds. The molecule has 1 aliphatic rings. The number of sulfonamides is 1. The Morgan fingerprint density at radius 1 is 1.17 bits per heavy atom. The molecule has 0 bridgehead atoms. The molecule has 0 atom stereocenters. The second-order valence-electron chi connectivity index (χ2n) is 6.32. The summed E-state index contributed by atoms with van der Waals surface area (Å²) in [5, 5.41) is 30.4. The summed E-state index contributed by atoms with van der Waals surface area (Å²) in [7, 11) is -3.95. The van der Waals surface area contributed by atoms with Crippen molar-refractivity contribution in [1.82, 2.24) is 4.31 Å². The largest absolute Gasteiger partial charge is 0.508 e. The van der Waals surface area contributed by atoms with Crippen LogP contribution in [0, 0.1) is 10.1 Å². The average molecular weight is 438 g/mol. The predicted molar refractivity (Wildman–Crippen MR) is 102 cm³/mol. The van der Waals surface area contributed by atoms with E-state index in [-0.39, 0.29) is 48.3 Å². The van der Waals surface area contributed by atoms with E-state index in [1.165, 1.54) is 16.4 Å². The summed E-state index contributed by atoms with van der Waals surface area (Å²) in [6.07, 6.45) is 0. The number of carbonyl (C=O) groups excluding carboxylic acids is 1. The van der Waals surface area contributed by atoms with Crippen molar-refractivity contribution >= 4 is 21.5 Å². The quantitative estimate of drug-likeness (QED) is 0.369.